The Labute approximate surface area is 149 Å². The van der Waals surface area contributed by atoms with Gasteiger partial charge < -0.3 is 10.1 Å². The molecule has 0 saturated carbocycles. The van der Waals surface area contributed by atoms with Crippen molar-refractivity contribution in [2.24, 2.45) is 0 Å². The van der Waals surface area contributed by atoms with Gasteiger partial charge in [-0.15, -0.1) is 0 Å². The minimum absolute atomic E-state index is 0.272. The Hall–Kier alpha value is -3.74. The molecule has 0 spiro atoms. The molecule has 1 N–H and O–H groups in total. The van der Waals surface area contributed by atoms with E-state index in [1.54, 1.807) is 66.4 Å². The van der Waals surface area contributed by atoms with Crippen molar-refractivity contribution >= 4 is 17.2 Å². The van der Waals surface area contributed by atoms with Crippen LogP contribution in [0.4, 0.5) is 5.69 Å². The lowest BCUT2D eigenvalue weighted by molar-refractivity contribution is 0.102. The molecule has 0 aliphatic heterocycles. The van der Waals surface area contributed by atoms with Crippen LogP contribution < -0.4 is 10.1 Å². The highest BCUT2D eigenvalue weighted by Crippen LogP contribution is 2.23. The molecule has 0 radical (unpaired) electrons. The molecule has 4 aromatic rings. The number of amides is 1. The predicted octanol–water partition coefficient (Wildman–Crippen LogP) is 3.48. The Balaban J connectivity index is 1.58. The second-order valence-corrected chi connectivity index (χ2v) is 5.60. The fourth-order valence-corrected chi connectivity index (χ4v) is 2.62. The summed E-state index contributed by atoms with van der Waals surface area (Å²) in [6.07, 6.45) is 5.05. The van der Waals surface area contributed by atoms with Crippen LogP contribution in [0.15, 0.2) is 67.1 Å². The van der Waals surface area contributed by atoms with Crippen LogP contribution >= 0.6 is 0 Å². The zero-order valence-corrected chi connectivity index (χ0v) is 14.0. The fraction of sp³-hybridized carbons (Fsp3) is 0.0526. The second-order valence-electron chi connectivity index (χ2n) is 5.60. The molecule has 26 heavy (non-hydrogen) atoms. The average molecular weight is 345 g/mol. The Bertz CT molecular complexity index is 1080. The number of fused-ring (bicyclic) bond motifs is 1. The van der Waals surface area contributed by atoms with Crippen LogP contribution in [0, 0.1) is 6.92 Å². The number of hydrogen-bond donors (Lipinski definition) is 1. The standard InChI is InChI=1S/C19H15N5O2/c1-13-17(18-21-10-5-11-24(18)23-13)19(25)22-14-6-4-7-15(12-14)26-16-8-2-3-9-20-16/h2-12H,1H3,(H,22,25). The van der Waals surface area contributed by atoms with Crippen molar-refractivity contribution in [3.05, 3.63) is 78.4 Å². The molecular weight excluding hydrogens is 330 g/mol. The number of aromatic nitrogens is 4. The first-order valence-electron chi connectivity index (χ1n) is 8.01. The lowest BCUT2D eigenvalue weighted by Crippen LogP contribution is -2.13. The largest absolute Gasteiger partial charge is 0.439 e. The number of aryl methyl sites for hydroxylation is 1. The Kier molecular flexibility index (Phi) is 4.03. The molecule has 0 aliphatic rings. The molecule has 0 aliphatic carbocycles. The lowest BCUT2D eigenvalue weighted by atomic mass is 10.2. The Morgan fingerprint density at radius 3 is 2.81 bits per heavy atom. The number of carbonyl (C=O) groups excluding carboxylic acids is 1. The molecule has 4 rings (SSSR count). The Morgan fingerprint density at radius 1 is 1.08 bits per heavy atom. The third kappa shape index (κ3) is 3.10. The second kappa shape index (κ2) is 6.64. The molecule has 1 amide bonds. The molecule has 0 unspecified atom stereocenters. The average Bonchev–Trinajstić information content (AvgIpc) is 2.98. The number of nitrogens with one attached hydrogen (secondary N) is 1. The van der Waals surface area contributed by atoms with E-state index in [1.807, 2.05) is 12.1 Å². The number of pyridine rings is 1. The number of rotatable bonds is 4. The van der Waals surface area contributed by atoms with Gasteiger partial charge in [-0.3, -0.25) is 4.79 Å². The zero-order chi connectivity index (χ0) is 17.9. The van der Waals surface area contributed by atoms with E-state index in [9.17, 15) is 4.79 Å². The van der Waals surface area contributed by atoms with E-state index >= 15 is 0 Å². The van der Waals surface area contributed by atoms with Gasteiger partial charge in [-0.25, -0.2) is 14.5 Å². The monoisotopic (exact) mass is 345 g/mol. The van der Waals surface area contributed by atoms with Crippen LogP contribution in [-0.4, -0.2) is 25.5 Å². The predicted molar refractivity (Wildman–Crippen MR) is 96.4 cm³/mol. The first-order chi connectivity index (χ1) is 12.7. The minimum Gasteiger partial charge on any atom is -0.439 e. The molecule has 3 heterocycles. The summed E-state index contributed by atoms with van der Waals surface area (Å²) in [5.74, 6) is 0.793. The van der Waals surface area contributed by atoms with Gasteiger partial charge in [0, 0.05) is 36.4 Å². The topological polar surface area (TPSA) is 81.4 Å². The summed E-state index contributed by atoms with van der Waals surface area (Å²) in [6, 6.07) is 14.3. The SMILES string of the molecule is Cc1nn2cccnc2c1C(=O)Nc1cccc(Oc2ccccn2)c1. The van der Waals surface area contributed by atoms with E-state index in [4.69, 9.17) is 4.74 Å². The summed E-state index contributed by atoms with van der Waals surface area (Å²) < 4.78 is 7.28. The molecular formula is C19H15N5O2. The van der Waals surface area contributed by atoms with Gasteiger partial charge in [-0.2, -0.15) is 5.10 Å². The third-order valence-corrected chi connectivity index (χ3v) is 3.75. The number of hydrogen-bond acceptors (Lipinski definition) is 5. The first kappa shape index (κ1) is 15.8. The third-order valence-electron chi connectivity index (χ3n) is 3.75. The van der Waals surface area contributed by atoms with Crippen LogP contribution in [-0.2, 0) is 0 Å². The van der Waals surface area contributed by atoms with Crippen LogP contribution in [0.1, 0.15) is 16.1 Å². The van der Waals surface area contributed by atoms with Gasteiger partial charge in [0.15, 0.2) is 5.65 Å². The number of anilines is 1. The van der Waals surface area contributed by atoms with Crippen molar-refractivity contribution in [3.8, 4) is 11.6 Å². The summed E-state index contributed by atoms with van der Waals surface area (Å²) in [5, 5.41) is 7.18. The van der Waals surface area contributed by atoms with Gasteiger partial charge in [0.05, 0.1) is 5.69 Å². The van der Waals surface area contributed by atoms with Gasteiger partial charge in [0.2, 0.25) is 5.88 Å². The summed E-state index contributed by atoms with van der Waals surface area (Å²) in [6.45, 7) is 1.78. The maximum atomic E-state index is 12.7. The van der Waals surface area contributed by atoms with Crippen molar-refractivity contribution in [2.45, 2.75) is 6.92 Å². The van der Waals surface area contributed by atoms with Crippen LogP contribution in [0.2, 0.25) is 0 Å². The maximum absolute atomic E-state index is 12.7. The fourth-order valence-electron chi connectivity index (χ4n) is 2.62. The lowest BCUT2D eigenvalue weighted by Gasteiger charge is -2.08. The number of carbonyl (C=O) groups is 1. The maximum Gasteiger partial charge on any atom is 0.261 e. The first-order valence-corrected chi connectivity index (χ1v) is 8.01. The van der Waals surface area contributed by atoms with E-state index in [0.717, 1.165) is 0 Å². The van der Waals surface area contributed by atoms with Gasteiger partial charge in [0.1, 0.15) is 11.3 Å². The minimum atomic E-state index is -0.272. The van der Waals surface area contributed by atoms with Crippen LogP contribution in [0.5, 0.6) is 11.6 Å². The Morgan fingerprint density at radius 2 is 1.96 bits per heavy atom. The summed E-state index contributed by atoms with van der Waals surface area (Å²) in [7, 11) is 0. The van der Waals surface area contributed by atoms with E-state index in [-0.39, 0.29) is 5.91 Å². The molecule has 1 aromatic carbocycles. The van der Waals surface area contributed by atoms with E-state index in [0.29, 0.717) is 34.2 Å². The van der Waals surface area contributed by atoms with Crippen molar-refractivity contribution in [1.29, 1.82) is 0 Å². The van der Waals surface area contributed by atoms with Crippen molar-refractivity contribution in [3.63, 3.8) is 0 Å². The molecule has 128 valence electrons. The molecule has 3 aromatic heterocycles. The highest BCUT2D eigenvalue weighted by molar-refractivity contribution is 6.09. The van der Waals surface area contributed by atoms with Gasteiger partial charge in [-0.1, -0.05) is 12.1 Å². The van der Waals surface area contributed by atoms with Gasteiger partial charge in [-0.05, 0) is 31.2 Å². The normalized spacial score (nSPS) is 10.7. The number of nitrogens with zero attached hydrogens (tertiary/aromatic N) is 4. The van der Waals surface area contributed by atoms with E-state index < -0.39 is 0 Å². The summed E-state index contributed by atoms with van der Waals surface area (Å²) in [4.78, 5) is 21.1. The highest BCUT2D eigenvalue weighted by Gasteiger charge is 2.18. The number of benzene rings is 1. The van der Waals surface area contributed by atoms with Gasteiger partial charge >= 0.3 is 0 Å². The highest BCUT2D eigenvalue weighted by atomic mass is 16.5. The molecule has 7 nitrogen and oxygen atoms in total. The van der Waals surface area contributed by atoms with Crippen molar-refractivity contribution in [1.82, 2.24) is 19.6 Å². The summed E-state index contributed by atoms with van der Waals surface area (Å²) in [5.41, 5.74) is 2.19. The molecule has 0 atom stereocenters. The zero-order valence-electron chi connectivity index (χ0n) is 14.0. The molecule has 7 heteroatoms. The van der Waals surface area contributed by atoms with Crippen LogP contribution in [0.25, 0.3) is 5.65 Å². The smallest absolute Gasteiger partial charge is 0.261 e. The molecule has 0 bridgehead atoms. The van der Waals surface area contributed by atoms with Crippen molar-refractivity contribution in [2.75, 3.05) is 5.32 Å². The van der Waals surface area contributed by atoms with E-state index in [1.165, 1.54) is 0 Å². The molecule has 0 fully saturated rings. The van der Waals surface area contributed by atoms with E-state index in [2.05, 4.69) is 20.4 Å². The number of ether oxygens (including phenoxy) is 1. The summed E-state index contributed by atoms with van der Waals surface area (Å²) >= 11 is 0. The quantitative estimate of drug-likeness (QED) is 0.612. The van der Waals surface area contributed by atoms with Gasteiger partial charge in [0.25, 0.3) is 5.91 Å². The van der Waals surface area contributed by atoms with Crippen LogP contribution in [0.3, 0.4) is 0 Å². The molecule has 0 saturated heterocycles. The van der Waals surface area contributed by atoms with Crippen molar-refractivity contribution < 1.29 is 9.53 Å².